The summed E-state index contributed by atoms with van der Waals surface area (Å²) in [5.41, 5.74) is 1.64. The molecule has 0 radical (unpaired) electrons. The van der Waals surface area contributed by atoms with E-state index in [0.29, 0.717) is 35.6 Å². The summed E-state index contributed by atoms with van der Waals surface area (Å²) in [5, 5.41) is 12.1. The number of hydrogen-bond acceptors (Lipinski definition) is 7. The Morgan fingerprint density at radius 2 is 1.97 bits per heavy atom. The van der Waals surface area contributed by atoms with E-state index in [2.05, 4.69) is 21.6 Å². The summed E-state index contributed by atoms with van der Waals surface area (Å²) in [6.07, 6.45) is 0. The Morgan fingerprint density at radius 3 is 2.79 bits per heavy atom. The first-order valence-electron chi connectivity index (χ1n) is 9.24. The molecule has 0 aliphatic rings. The molecular formula is C20H20N4O3S2. The van der Waals surface area contributed by atoms with Gasteiger partial charge in [-0.2, -0.15) is 0 Å². The molecule has 1 amide bonds. The second kappa shape index (κ2) is 8.71. The number of benzene rings is 2. The van der Waals surface area contributed by atoms with Crippen molar-refractivity contribution >= 4 is 49.9 Å². The van der Waals surface area contributed by atoms with Crippen LogP contribution in [0.1, 0.15) is 13.8 Å². The third-order valence-electron chi connectivity index (χ3n) is 4.08. The van der Waals surface area contributed by atoms with E-state index in [4.69, 9.17) is 9.47 Å². The van der Waals surface area contributed by atoms with Crippen LogP contribution in [0, 0.1) is 0 Å². The van der Waals surface area contributed by atoms with E-state index in [1.807, 2.05) is 42.5 Å². The molecule has 29 heavy (non-hydrogen) atoms. The fraction of sp³-hybridized carbons (Fsp3) is 0.250. The topological polar surface area (TPSA) is 77.8 Å². The van der Waals surface area contributed by atoms with Gasteiger partial charge in [-0.05, 0) is 38.1 Å². The van der Waals surface area contributed by atoms with Gasteiger partial charge in [-0.3, -0.25) is 9.20 Å². The van der Waals surface area contributed by atoms with Gasteiger partial charge in [-0.15, -0.1) is 10.2 Å². The highest BCUT2D eigenvalue weighted by Gasteiger charge is 2.15. The van der Waals surface area contributed by atoms with E-state index < -0.39 is 0 Å². The maximum absolute atomic E-state index is 12.6. The third kappa shape index (κ3) is 4.15. The van der Waals surface area contributed by atoms with Crippen molar-refractivity contribution in [3.63, 3.8) is 0 Å². The molecule has 150 valence electrons. The number of rotatable bonds is 8. The van der Waals surface area contributed by atoms with Crippen molar-refractivity contribution in [1.29, 1.82) is 0 Å². The molecule has 0 saturated carbocycles. The normalized spacial score (nSPS) is 11.1. The zero-order chi connectivity index (χ0) is 20.2. The lowest BCUT2D eigenvalue weighted by Crippen LogP contribution is -2.15. The molecule has 1 N–H and O–H groups in total. The monoisotopic (exact) mass is 428 g/mol. The predicted molar refractivity (Wildman–Crippen MR) is 117 cm³/mol. The van der Waals surface area contributed by atoms with Crippen LogP contribution in [0.4, 0.5) is 5.69 Å². The highest BCUT2D eigenvalue weighted by atomic mass is 32.2. The van der Waals surface area contributed by atoms with E-state index in [1.165, 1.54) is 11.8 Å². The molecule has 0 aliphatic heterocycles. The van der Waals surface area contributed by atoms with Crippen LogP contribution in [0.25, 0.3) is 15.2 Å². The molecule has 0 unspecified atom stereocenters. The molecule has 0 spiro atoms. The Hall–Kier alpha value is -2.78. The summed E-state index contributed by atoms with van der Waals surface area (Å²) in [4.78, 5) is 13.4. The Bertz CT molecular complexity index is 1160. The van der Waals surface area contributed by atoms with Crippen molar-refractivity contribution in [1.82, 2.24) is 14.6 Å². The Kier molecular flexibility index (Phi) is 5.86. The number of fused-ring (bicyclic) bond motifs is 3. The predicted octanol–water partition coefficient (Wildman–Crippen LogP) is 4.47. The number of nitrogens with zero attached hydrogens (tertiary/aromatic N) is 3. The number of aromatic nitrogens is 3. The van der Waals surface area contributed by atoms with Gasteiger partial charge < -0.3 is 14.8 Å². The van der Waals surface area contributed by atoms with Gasteiger partial charge in [0.05, 0.1) is 34.9 Å². The maximum atomic E-state index is 12.6. The molecule has 2 aromatic heterocycles. The van der Waals surface area contributed by atoms with Gasteiger partial charge in [-0.1, -0.05) is 35.2 Å². The number of carbonyl (C=O) groups is 1. The fourth-order valence-corrected chi connectivity index (χ4v) is 4.68. The standard InChI is InChI=1S/C20H20N4O3S2/c1-3-26-13-9-10-16(27-4-2)14(11-13)21-18(25)12-28-19-22-23-20-24(19)15-7-5-6-8-17(15)29-20/h5-11H,3-4,12H2,1-2H3,(H,21,25). The second-order valence-electron chi connectivity index (χ2n) is 6.03. The third-order valence-corrected chi connectivity index (χ3v) is 6.02. The molecule has 9 heteroatoms. The SMILES string of the molecule is CCOc1ccc(OCC)c(NC(=O)CSc2nnc3sc4ccccc4n23)c1. The van der Waals surface area contributed by atoms with Gasteiger partial charge in [0, 0.05) is 6.07 Å². The average molecular weight is 429 g/mol. The second-order valence-corrected chi connectivity index (χ2v) is 7.98. The lowest BCUT2D eigenvalue weighted by Gasteiger charge is -2.13. The van der Waals surface area contributed by atoms with Gasteiger partial charge in [0.1, 0.15) is 11.5 Å². The van der Waals surface area contributed by atoms with Crippen molar-refractivity contribution in [3.05, 3.63) is 42.5 Å². The Morgan fingerprint density at radius 1 is 1.14 bits per heavy atom. The minimum absolute atomic E-state index is 0.152. The maximum Gasteiger partial charge on any atom is 0.234 e. The number of ether oxygens (including phenoxy) is 2. The number of amides is 1. The smallest absolute Gasteiger partial charge is 0.234 e. The van der Waals surface area contributed by atoms with Gasteiger partial charge >= 0.3 is 0 Å². The van der Waals surface area contributed by atoms with E-state index in [-0.39, 0.29) is 11.7 Å². The van der Waals surface area contributed by atoms with Crippen LogP contribution in [0.3, 0.4) is 0 Å². The van der Waals surface area contributed by atoms with E-state index >= 15 is 0 Å². The van der Waals surface area contributed by atoms with Crippen LogP contribution in [-0.4, -0.2) is 39.5 Å². The van der Waals surface area contributed by atoms with E-state index in [9.17, 15) is 4.79 Å². The largest absolute Gasteiger partial charge is 0.494 e. The molecule has 0 atom stereocenters. The van der Waals surface area contributed by atoms with E-state index in [1.54, 1.807) is 23.5 Å². The summed E-state index contributed by atoms with van der Waals surface area (Å²) in [7, 11) is 0. The van der Waals surface area contributed by atoms with Crippen molar-refractivity contribution in [2.45, 2.75) is 19.0 Å². The first kappa shape index (κ1) is 19.5. The van der Waals surface area contributed by atoms with Crippen LogP contribution in [0.2, 0.25) is 0 Å². The van der Waals surface area contributed by atoms with Crippen LogP contribution < -0.4 is 14.8 Å². The van der Waals surface area contributed by atoms with Crippen LogP contribution >= 0.6 is 23.1 Å². The highest BCUT2D eigenvalue weighted by molar-refractivity contribution is 7.99. The number of nitrogens with one attached hydrogen (secondary N) is 1. The molecule has 4 rings (SSSR count). The van der Waals surface area contributed by atoms with Crippen molar-refractivity contribution < 1.29 is 14.3 Å². The van der Waals surface area contributed by atoms with Gasteiger partial charge in [0.15, 0.2) is 5.16 Å². The fourth-order valence-electron chi connectivity index (χ4n) is 2.91. The van der Waals surface area contributed by atoms with E-state index in [0.717, 1.165) is 15.2 Å². The first-order valence-corrected chi connectivity index (χ1v) is 11.0. The molecule has 2 aromatic carbocycles. The highest BCUT2D eigenvalue weighted by Crippen LogP contribution is 2.31. The van der Waals surface area contributed by atoms with Gasteiger partial charge in [0.2, 0.25) is 10.9 Å². The number of hydrogen-bond donors (Lipinski definition) is 1. The van der Waals surface area contributed by atoms with Crippen molar-refractivity contribution in [2.24, 2.45) is 0 Å². The molecular weight excluding hydrogens is 408 g/mol. The van der Waals surface area contributed by atoms with Crippen LogP contribution in [0.5, 0.6) is 11.5 Å². The molecule has 0 saturated heterocycles. The number of carbonyl (C=O) groups excluding carboxylic acids is 1. The lowest BCUT2D eigenvalue weighted by molar-refractivity contribution is -0.113. The molecule has 2 heterocycles. The summed E-state index contributed by atoms with van der Waals surface area (Å²) in [6, 6.07) is 13.5. The first-order chi connectivity index (χ1) is 14.2. The quantitative estimate of drug-likeness (QED) is 0.417. The van der Waals surface area contributed by atoms with Gasteiger partial charge in [0.25, 0.3) is 0 Å². The average Bonchev–Trinajstić information content (AvgIpc) is 3.28. The minimum atomic E-state index is -0.152. The molecule has 0 fully saturated rings. The molecule has 4 aromatic rings. The van der Waals surface area contributed by atoms with Gasteiger partial charge in [-0.25, -0.2) is 0 Å². The van der Waals surface area contributed by atoms with Crippen LogP contribution in [-0.2, 0) is 4.79 Å². The zero-order valence-corrected chi connectivity index (χ0v) is 17.7. The lowest BCUT2D eigenvalue weighted by atomic mass is 10.2. The molecule has 7 nitrogen and oxygen atoms in total. The summed E-state index contributed by atoms with van der Waals surface area (Å²) < 4.78 is 14.3. The zero-order valence-electron chi connectivity index (χ0n) is 16.0. The number of anilines is 1. The number of thiazole rings is 1. The summed E-state index contributed by atoms with van der Waals surface area (Å²) in [6.45, 7) is 4.88. The molecule has 0 bridgehead atoms. The summed E-state index contributed by atoms with van der Waals surface area (Å²) in [5.74, 6) is 1.35. The minimum Gasteiger partial charge on any atom is -0.494 e. The van der Waals surface area contributed by atoms with Crippen LogP contribution in [0.15, 0.2) is 47.6 Å². The molecule has 0 aliphatic carbocycles. The summed E-state index contributed by atoms with van der Waals surface area (Å²) >= 11 is 2.93. The Labute approximate surface area is 176 Å². The number of para-hydroxylation sites is 1. The van der Waals surface area contributed by atoms with Crippen molar-refractivity contribution in [3.8, 4) is 11.5 Å². The number of thioether (sulfide) groups is 1. The van der Waals surface area contributed by atoms with Crippen molar-refractivity contribution in [2.75, 3.05) is 24.3 Å². The Balaban J connectivity index is 1.49.